The number of nitrogens with zero attached hydrogens (tertiary/aromatic N) is 6. The molecule has 0 saturated carbocycles. The molecule has 11 heteroatoms. The topological polar surface area (TPSA) is 74.3 Å². The highest BCUT2D eigenvalue weighted by atomic mass is 35.5. The van der Waals surface area contributed by atoms with Crippen molar-refractivity contribution >= 4 is 39.8 Å². The van der Waals surface area contributed by atoms with Gasteiger partial charge in [-0.25, -0.2) is 4.39 Å². The van der Waals surface area contributed by atoms with Gasteiger partial charge in [0.05, 0.1) is 23.9 Å². The van der Waals surface area contributed by atoms with Crippen molar-refractivity contribution in [2.75, 3.05) is 88.7 Å². The quantitative estimate of drug-likeness (QED) is 0.354. The molecule has 3 aliphatic rings. The van der Waals surface area contributed by atoms with Crippen molar-refractivity contribution in [3.05, 3.63) is 64.8 Å². The molecule has 43 heavy (non-hydrogen) atoms. The fourth-order valence-corrected chi connectivity index (χ4v) is 6.42. The second-order valence-electron chi connectivity index (χ2n) is 11.1. The lowest BCUT2D eigenvalue weighted by Crippen LogP contribution is -2.49. The van der Waals surface area contributed by atoms with Gasteiger partial charge >= 0.3 is 6.01 Å². The molecule has 4 heterocycles. The van der Waals surface area contributed by atoms with Crippen LogP contribution in [0.3, 0.4) is 0 Å². The molecule has 6 rings (SSSR count). The van der Waals surface area contributed by atoms with Gasteiger partial charge in [-0.15, -0.1) is 0 Å². The zero-order chi connectivity index (χ0) is 29.6. The van der Waals surface area contributed by atoms with Crippen molar-refractivity contribution in [1.29, 1.82) is 0 Å². The Balaban J connectivity index is 1.24. The maximum Gasteiger partial charge on any atom is 0.318 e. The molecule has 3 aliphatic heterocycles. The standard InChI is InChI=1S/C32H38ClFN6O3/c33-26-7-1-5-24-6-2-8-28(30(24)26)40-13-10-25-27(23-40)35-32(43-22-19-37-12-4-20-42-21-18-37)36-31(25)39-16-14-38(15-17-39)29(41)9-3-11-34/h1-3,5-9H,4,10-23H2/b9-3+. The van der Waals surface area contributed by atoms with E-state index in [0.717, 1.165) is 90.8 Å². The summed E-state index contributed by atoms with van der Waals surface area (Å²) in [7, 11) is 0. The Bertz CT molecular complexity index is 1450. The van der Waals surface area contributed by atoms with Crippen LogP contribution >= 0.6 is 11.6 Å². The summed E-state index contributed by atoms with van der Waals surface area (Å²) in [6.07, 6.45) is 4.37. The van der Waals surface area contributed by atoms with E-state index in [9.17, 15) is 9.18 Å². The SMILES string of the molecule is O=C(/C=C/CF)N1CCN(c2nc(OCCN3CCCOCC3)nc3c2CCN(c2cccc4cccc(Cl)c24)C3)CC1. The predicted molar refractivity (Wildman–Crippen MR) is 167 cm³/mol. The van der Waals surface area contributed by atoms with Crippen LogP contribution in [0.15, 0.2) is 48.6 Å². The minimum atomic E-state index is -0.644. The van der Waals surface area contributed by atoms with Crippen LogP contribution in [-0.4, -0.2) is 105 Å². The number of benzene rings is 2. The predicted octanol–water partition coefficient (Wildman–Crippen LogP) is 4.12. The van der Waals surface area contributed by atoms with Gasteiger partial charge in [0.25, 0.3) is 0 Å². The first-order chi connectivity index (χ1) is 21.1. The van der Waals surface area contributed by atoms with E-state index in [-0.39, 0.29) is 5.91 Å². The number of fused-ring (bicyclic) bond motifs is 2. The Morgan fingerprint density at radius 1 is 1.00 bits per heavy atom. The molecular weight excluding hydrogens is 571 g/mol. The van der Waals surface area contributed by atoms with E-state index in [2.05, 4.69) is 39.0 Å². The molecule has 0 bridgehead atoms. The van der Waals surface area contributed by atoms with Crippen molar-refractivity contribution < 1.29 is 18.7 Å². The average molecular weight is 609 g/mol. The summed E-state index contributed by atoms with van der Waals surface area (Å²) < 4.78 is 24.3. The molecule has 0 radical (unpaired) electrons. The van der Waals surface area contributed by atoms with E-state index in [1.807, 2.05) is 12.1 Å². The number of hydrogen-bond donors (Lipinski definition) is 0. The minimum Gasteiger partial charge on any atom is -0.462 e. The first-order valence-corrected chi connectivity index (χ1v) is 15.5. The van der Waals surface area contributed by atoms with Crippen molar-refractivity contribution in [2.24, 2.45) is 0 Å². The third-order valence-electron chi connectivity index (χ3n) is 8.39. The molecule has 1 amide bonds. The summed E-state index contributed by atoms with van der Waals surface area (Å²) in [5.41, 5.74) is 3.16. The van der Waals surface area contributed by atoms with Gasteiger partial charge in [0.1, 0.15) is 19.1 Å². The first-order valence-electron chi connectivity index (χ1n) is 15.1. The second kappa shape index (κ2) is 13.9. The number of carbonyl (C=O) groups is 1. The van der Waals surface area contributed by atoms with Gasteiger partial charge in [0, 0.05) is 81.7 Å². The summed E-state index contributed by atoms with van der Waals surface area (Å²) in [6, 6.07) is 12.7. The Kier molecular flexibility index (Phi) is 9.55. The van der Waals surface area contributed by atoms with E-state index in [4.69, 9.17) is 31.0 Å². The van der Waals surface area contributed by atoms with Crippen LogP contribution in [-0.2, 0) is 22.5 Å². The van der Waals surface area contributed by atoms with E-state index in [0.29, 0.717) is 45.3 Å². The number of halogens is 2. The minimum absolute atomic E-state index is 0.158. The maximum absolute atomic E-state index is 12.5. The highest BCUT2D eigenvalue weighted by Gasteiger charge is 2.29. The fraction of sp³-hybridized carbons (Fsp3) is 0.469. The first kappa shape index (κ1) is 29.6. The number of hydrogen-bond acceptors (Lipinski definition) is 8. The number of allylic oxidation sites excluding steroid dienone is 1. The van der Waals surface area contributed by atoms with Gasteiger partial charge < -0.3 is 24.2 Å². The molecule has 0 atom stereocenters. The van der Waals surface area contributed by atoms with Crippen LogP contribution in [0.2, 0.25) is 5.02 Å². The van der Waals surface area contributed by atoms with Crippen LogP contribution in [0.5, 0.6) is 6.01 Å². The zero-order valence-electron chi connectivity index (χ0n) is 24.4. The van der Waals surface area contributed by atoms with Crippen molar-refractivity contribution in [1.82, 2.24) is 19.8 Å². The highest BCUT2D eigenvalue weighted by Crippen LogP contribution is 2.37. The molecule has 0 spiro atoms. The molecule has 2 saturated heterocycles. The van der Waals surface area contributed by atoms with Crippen LogP contribution in [0.4, 0.5) is 15.9 Å². The highest BCUT2D eigenvalue weighted by molar-refractivity contribution is 6.36. The number of piperazine rings is 1. The summed E-state index contributed by atoms with van der Waals surface area (Å²) in [5.74, 6) is 0.722. The summed E-state index contributed by atoms with van der Waals surface area (Å²) in [5, 5.41) is 2.89. The molecule has 3 aromatic rings. The lowest BCUT2D eigenvalue weighted by Gasteiger charge is -2.38. The third kappa shape index (κ3) is 6.87. The number of carbonyl (C=O) groups excluding carboxylic acids is 1. The number of anilines is 2. The van der Waals surface area contributed by atoms with Crippen LogP contribution < -0.4 is 14.5 Å². The van der Waals surface area contributed by atoms with Crippen LogP contribution in [0.25, 0.3) is 10.8 Å². The summed E-state index contributed by atoms with van der Waals surface area (Å²) in [4.78, 5) is 31.0. The van der Waals surface area contributed by atoms with Gasteiger partial charge in [0.2, 0.25) is 5.91 Å². The molecule has 1 aromatic heterocycles. The Labute approximate surface area is 256 Å². The van der Waals surface area contributed by atoms with E-state index < -0.39 is 6.67 Å². The van der Waals surface area contributed by atoms with Crippen molar-refractivity contribution in [3.8, 4) is 6.01 Å². The van der Waals surface area contributed by atoms with E-state index in [1.54, 1.807) is 4.90 Å². The molecule has 0 unspecified atom stereocenters. The molecule has 0 N–H and O–H groups in total. The molecule has 9 nitrogen and oxygen atoms in total. The number of amides is 1. The number of ether oxygens (including phenoxy) is 2. The largest absolute Gasteiger partial charge is 0.462 e. The van der Waals surface area contributed by atoms with Gasteiger partial charge in [-0.2, -0.15) is 9.97 Å². The van der Waals surface area contributed by atoms with Gasteiger partial charge in [-0.1, -0.05) is 35.9 Å². The smallest absolute Gasteiger partial charge is 0.318 e. The molecule has 0 aliphatic carbocycles. The normalized spacial score (nSPS) is 18.2. The molecular formula is C32H38ClFN6O3. The van der Waals surface area contributed by atoms with E-state index >= 15 is 0 Å². The average Bonchev–Trinajstić information content (AvgIpc) is 3.32. The zero-order valence-corrected chi connectivity index (χ0v) is 25.1. The summed E-state index contributed by atoms with van der Waals surface area (Å²) in [6.45, 7) is 7.83. The van der Waals surface area contributed by atoms with Crippen LogP contribution in [0, 0.1) is 0 Å². The second-order valence-corrected chi connectivity index (χ2v) is 11.5. The Morgan fingerprint density at radius 3 is 2.67 bits per heavy atom. The van der Waals surface area contributed by atoms with Crippen molar-refractivity contribution in [2.45, 2.75) is 19.4 Å². The summed E-state index contributed by atoms with van der Waals surface area (Å²) >= 11 is 6.69. The number of alkyl halides is 1. The third-order valence-corrected chi connectivity index (χ3v) is 8.70. The lowest BCUT2D eigenvalue weighted by atomic mass is 10.0. The van der Waals surface area contributed by atoms with Gasteiger partial charge in [0.15, 0.2) is 0 Å². The molecule has 2 aromatic carbocycles. The molecule has 2 fully saturated rings. The Morgan fingerprint density at radius 2 is 1.84 bits per heavy atom. The Hall–Kier alpha value is -3.47. The van der Waals surface area contributed by atoms with Gasteiger partial charge in [-0.3, -0.25) is 9.69 Å². The molecule has 228 valence electrons. The number of aromatic nitrogens is 2. The monoisotopic (exact) mass is 608 g/mol. The number of rotatable bonds is 8. The van der Waals surface area contributed by atoms with Crippen LogP contribution in [0.1, 0.15) is 17.7 Å². The lowest BCUT2D eigenvalue weighted by molar-refractivity contribution is -0.126. The van der Waals surface area contributed by atoms with E-state index in [1.165, 1.54) is 12.2 Å². The van der Waals surface area contributed by atoms with Gasteiger partial charge in [-0.05, 0) is 36.4 Å². The maximum atomic E-state index is 12.5. The fourth-order valence-electron chi connectivity index (χ4n) is 6.14. The van der Waals surface area contributed by atoms with Crippen molar-refractivity contribution in [3.63, 3.8) is 0 Å².